The molecule has 3 heteroatoms. The summed E-state index contributed by atoms with van der Waals surface area (Å²) in [6.07, 6.45) is 0. The molecule has 0 bridgehead atoms. The fourth-order valence-corrected chi connectivity index (χ4v) is 2.66. The number of hydrogen-bond acceptors (Lipinski definition) is 2. The molecule has 1 atom stereocenters. The molecule has 0 aromatic heterocycles. The summed E-state index contributed by atoms with van der Waals surface area (Å²) in [6, 6.07) is 9.38. The van der Waals surface area contributed by atoms with Crippen LogP contribution < -0.4 is 10.2 Å². The van der Waals surface area contributed by atoms with Crippen LogP contribution in [0, 0.1) is 9.49 Å². The summed E-state index contributed by atoms with van der Waals surface area (Å²) in [5, 5.41) is 3.59. The van der Waals surface area contributed by atoms with Crippen molar-refractivity contribution in [3.63, 3.8) is 0 Å². The maximum Gasteiger partial charge on any atom is 0.0377 e. The van der Waals surface area contributed by atoms with Crippen molar-refractivity contribution in [2.24, 2.45) is 5.92 Å². The van der Waals surface area contributed by atoms with Crippen LogP contribution >= 0.6 is 22.6 Å². The Kier molecular flexibility index (Phi) is 4.08. The molecule has 1 aliphatic rings. The third-order valence-corrected chi connectivity index (χ3v) is 3.85. The smallest absolute Gasteiger partial charge is 0.0377 e. The van der Waals surface area contributed by atoms with E-state index in [0.717, 1.165) is 19.6 Å². The normalized spacial score (nSPS) is 21.5. The predicted molar refractivity (Wildman–Crippen MR) is 78.0 cm³/mol. The minimum Gasteiger partial charge on any atom is -0.369 e. The highest BCUT2D eigenvalue weighted by Gasteiger charge is 2.21. The fraction of sp³-hybridized carbons (Fsp3) is 0.538. The number of nitrogens with zero attached hydrogens (tertiary/aromatic N) is 1. The summed E-state index contributed by atoms with van der Waals surface area (Å²) in [4.78, 5) is 2.49. The minimum absolute atomic E-state index is 0.617. The zero-order valence-electron chi connectivity index (χ0n) is 9.91. The molecule has 0 saturated carbocycles. The number of hydrogen-bond donors (Lipinski definition) is 1. The molecule has 88 valence electrons. The van der Waals surface area contributed by atoms with Crippen LogP contribution in [0.5, 0.6) is 0 Å². The molecular weight excluding hydrogens is 311 g/mol. The SMILES string of the molecule is CC(C)C1CN(c2cccc(I)c2)CCN1. The Labute approximate surface area is 112 Å². The summed E-state index contributed by atoms with van der Waals surface area (Å²) in [5.74, 6) is 0.700. The van der Waals surface area contributed by atoms with Gasteiger partial charge in [-0.1, -0.05) is 19.9 Å². The average molecular weight is 330 g/mol. The first kappa shape index (κ1) is 12.2. The maximum absolute atomic E-state index is 3.59. The molecule has 1 aliphatic heterocycles. The molecule has 0 aliphatic carbocycles. The van der Waals surface area contributed by atoms with Crippen molar-refractivity contribution >= 4 is 28.3 Å². The Balaban J connectivity index is 2.09. The van der Waals surface area contributed by atoms with Gasteiger partial charge in [-0.15, -0.1) is 0 Å². The van der Waals surface area contributed by atoms with Gasteiger partial charge >= 0.3 is 0 Å². The average Bonchev–Trinajstić information content (AvgIpc) is 2.29. The zero-order chi connectivity index (χ0) is 11.5. The van der Waals surface area contributed by atoms with Gasteiger partial charge in [0.2, 0.25) is 0 Å². The molecule has 1 fully saturated rings. The highest BCUT2D eigenvalue weighted by Crippen LogP contribution is 2.20. The van der Waals surface area contributed by atoms with Gasteiger partial charge in [-0.05, 0) is 46.7 Å². The van der Waals surface area contributed by atoms with Gasteiger partial charge in [0.05, 0.1) is 0 Å². The fourth-order valence-electron chi connectivity index (χ4n) is 2.13. The summed E-state index contributed by atoms with van der Waals surface area (Å²) < 4.78 is 1.31. The van der Waals surface area contributed by atoms with Gasteiger partial charge in [0.1, 0.15) is 0 Å². The van der Waals surface area contributed by atoms with Gasteiger partial charge in [0, 0.05) is 34.9 Å². The first-order valence-corrected chi connectivity index (χ1v) is 6.98. The van der Waals surface area contributed by atoms with E-state index in [2.05, 4.69) is 70.9 Å². The van der Waals surface area contributed by atoms with Crippen LogP contribution in [0.1, 0.15) is 13.8 Å². The monoisotopic (exact) mass is 330 g/mol. The van der Waals surface area contributed by atoms with E-state index in [1.807, 2.05) is 0 Å². The van der Waals surface area contributed by atoms with E-state index in [1.165, 1.54) is 9.26 Å². The van der Waals surface area contributed by atoms with E-state index >= 15 is 0 Å². The summed E-state index contributed by atoms with van der Waals surface area (Å²) >= 11 is 2.38. The Bertz CT molecular complexity index is 352. The molecule has 0 amide bonds. The second-order valence-corrected chi connectivity index (χ2v) is 5.98. The number of benzene rings is 1. The number of rotatable bonds is 2. The van der Waals surface area contributed by atoms with Crippen molar-refractivity contribution in [3.05, 3.63) is 27.8 Å². The lowest BCUT2D eigenvalue weighted by atomic mass is 10.0. The van der Waals surface area contributed by atoms with Gasteiger partial charge in [-0.2, -0.15) is 0 Å². The van der Waals surface area contributed by atoms with Crippen molar-refractivity contribution in [1.29, 1.82) is 0 Å². The molecule has 0 radical (unpaired) electrons. The second-order valence-electron chi connectivity index (χ2n) is 4.73. The number of halogens is 1. The lowest BCUT2D eigenvalue weighted by Crippen LogP contribution is -2.53. The van der Waals surface area contributed by atoms with Crippen LogP contribution in [0.3, 0.4) is 0 Å². The molecule has 2 rings (SSSR count). The summed E-state index contributed by atoms with van der Waals surface area (Å²) in [7, 11) is 0. The van der Waals surface area contributed by atoms with Gasteiger partial charge in [0.15, 0.2) is 0 Å². The first-order chi connectivity index (χ1) is 7.66. The second kappa shape index (κ2) is 5.36. The topological polar surface area (TPSA) is 15.3 Å². The molecule has 1 N–H and O–H groups in total. The molecule has 1 saturated heterocycles. The summed E-state index contributed by atoms with van der Waals surface area (Å²) in [6.45, 7) is 7.90. The molecule has 0 spiro atoms. The highest BCUT2D eigenvalue weighted by molar-refractivity contribution is 14.1. The largest absolute Gasteiger partial charge is 0.369 e. The molecule has 2 nitrogen and oxygen atoms in total. The van der Waals surface area contributed by atoms with E-state index in [0.29, 0.717) is 12.0 Å². The van der Waals surface area contributed by atoms with Crippen LogP contribution in [0.25, 0.3) is 0 Å². The first-order valence-electron chi connectivity index (χ1n) is 5.90. The lowest BCUT2D eigenvalue weighted by Gasteiger charge is -2.37. The Hall–Kier alpha value is -0.290. The number of anilines is 1. The van der Waals surface area contributed by atoms with Crippen molar-refractivity contribution in [3.8, 4) is 0 Å². The van der Waals surface area contributed by atoms with Crippen LogP contribution in [-0.4, -0.2) is 25.7 Å². The van der Waals surface area contributed by atoms with Gasteiger partial charge in [-0.3, -0.25) is 0 Å². The van der Waals surface area contributed by atoms with Crippen LogP contribution in [-0.2, 0) is 0 Å². The Morgan fingerprint density at radius 3 is 2.94 bits per heavy atom. The third-order valence-electron chi connectivity index (χ3n) is 3.18. The molecule has 1 aromatic rings. The predicted octanol–water partition coefficient (Wildman–Crippen LogP) is 2.73. The summed E-state index contributed by atoms with van der Waals surface area (Å²) in [5.41, 5.74) is 1.36. The van der Waals surface area contributed by atoms with E-state index in [-0.39, 0.29) is 0 Å². The molecule has 1 heterocycles. The van der Waals surface area contributed by atoms with Crippen LogP contribution in [0.2, 0.25) is 0 Å². The zero-order valence-corrected chi connectivity index (χ0v) is 12.1. The third kappa shape index (κ3) is 2.88. The van der Waals surface area contributed by atoms with E-state index in [4.69, 9.17) is 0 Å². The standard InChI is InChI=1S/C13H19IN2/c1-10(2)13-9-16(7-6-15-13)12-5-3-4-11(14)8-12/h3-5,8,10,13,15H,6-7,9H2,1-2H3. The van der Waals surface area contributed by atoms with Gasteiger partial charge in [0.25, 0.3) is 0 Å². The molecule has 1 aromatic carbocycles. The molecular formula is C13H19IN2. The van der Waals surface area contributed by atoms with Crippen LogP contribution in [0.4, 0.5) is 5.69 Å². The van der Waals surface area contributed by atoms with Crippen molar-refractivity contribution in [2.45, 2.75) is 19.9 Å². The van der Waals surface area contributed by atoms with Crippen molar-refractivity contribution < 1.29 is 0 Å². The minimum atomic E-state index is 0.617. The van der Waals surface area contributed by atoms with Crippen LogP contribution in [0.15, 0.2) is 24.3 Å². The van der Waals surface area contributed by atoms with Crippen molar-refractivity contribution in [1.82, 2.24) is 5.32 Å². The lowest BCUT2D eigenvalue weighted by molar-refractivity contribution is 0.368. The maximum atomic E-state index is 3.59. The van der Waals surface area contributed by atoms with Gasteiger partial charge in [-0.25, -0.2) is 0 Å². The quantitative estimate of drug-likeness (QED) is 0.839. The van der Waals surface area contributed by atoms with E-state index < -0.39 is 0 Å². The number of nitrogens with one attached hydrogen (secondary N) is 1. The van der Waals surface area contributed by atoms with Gasteiger partial charge < -0.3 is 10.2 Å². The Morgan fingerprint density at radius 1 is 1.44 bits per heavy atom. The number of piperazine rings is 1. The molecule has 16 heavy (non-hydrogen) atoms. The van der Waals surface area contributed by atoms with Crippen molar-refractivity contribution in [2.75, 3.05) is 24.5 Å². The molecule has 1 unspecified atom stereocenters. The van der Waals surface area contributed by atoms with E-state index in [9.17, 15) is 0 Å². The highest BCUT2D eigenvalue weighted by atomic mass is 127. The Morgan fingerprint density at radius 2 is 2.25 bits per heavy atom. The van der Waals surface area contributed by atoms with E-state index in [1.54, 1.807) is 0 Å².